The van der Waals surface area contributed by atoms with Crippen LogP contribution in [-0.4, -0.2) is 38.3 Å². The molecule has 1 heterocycles. The molecule has 1 N–H and O–H groups in total. The van der Waals surface area contributed by atoms with Crippen LogP contribution in [0.1, 0.15) is 45.4 Å². The molecule has 1 aromatic heterocycles. The highest BCUT2D eigenvalue weighted by atomic mass is 32.2. The van der Waals surface area contributed by atoms with Gasteiger partial charge in [-0.2, -0.15) is 0 Å². The Balaban J connectivity index is 1.32. The van der Waals surface area contributed by atoms with Crippen LogP contribution in [0, 0.1) is 27.9 Å². The summed E-state index contributed by atoms with van der Waals surface area (Å²) in [5.41, 5.74) is 1.93. The Hall–Kier alpha value is -3.07. The van der Waals surface area contributed by atoms with Gasteiger partial charge in [0.15, 0.2) is 5.16 Å². The Bertz CT molecular complexity index is 1320. The van der Waals surface area contributed by atoms with Crippen LogP contribution in [-0.2, 0) is 4.79 Å². The van der Waals surface area contributed by atoms with Crippen LogP contribution >= 0.6 is 11.8 Å². The van der Waals surface area contributed by atoms with E-state index < -0.39 is 4.92 Å². The van der Waals surface area contributed by atoms with Crippen molar-refractivity contribution in [3.63, 3.8) is 0 Å². The van der Waals surface area contributed by atoms with Crippen LogP contribution in [0.25, 0.3) is 16.7 Å². The fourth-order valence-corrected chi connectivity index (χ4v) is 8.06. The van der Waals surface area contributed by atoms with Crippen LogP contribution in [0.2, 0.25) is 0 Å². The number of para-hydroxylation sites is 2. The highest BCUT2D eigenvalue weighted by molar-refractivity contribution is 8.00. The number of nitrogens with one attached hydrogen (secondary N) is 1. The molecule has 2 aromatic carbocycles. The van der Waals surface area contributed by atoms with Crippen molar-refractivity contribution in [3.05, 3.63) is 52.6 Å². The smallest absolute Gasteiger partial charge is 0.271 e. The van der Waals surface area contributed by atoms with Gasteiger partial charge in [-0.15, -0.1) is 0 Å². The second-order valence-corrected chi connectivity index (χ2v) is 12.1. The average molecular weight is 507 g/mol. The number of carbonyl (C=O) groups is 1. The van der Waals surface area contributed by atoms with Gasteiger partial charge in [-0.25, -0.2) is 4.98 Å². The number of imidazole rings is 1. The first kappa shape index (κ1) is 23.3. The molecule has 4 saturated carbocycles. The maximum absolute atomic E-state index is 13.5. The van der Waals surface area contributed by atoms with E-state index in [-0.39, 0.29) is 22.4 Å². The maximum Gasteiger partial charge on any atom is 0.271 e. The van der Waals surface area contributed by atoms with E-state index in [2.05, 4.69) is 5.32 Å². The summed E-state index contributed by atoms with van der Waals surface area (Å²) in [4.78, 5) is 29.2. The number of benzene rings is 2. The Morgan fingerprint density at radius 2 is 1.83 bits per heavy atom. The third kappa shape index (κ3) is 4.03. The minimum Gasteiger partial charge on any atom is -0.495 e. The second-order valence-electron chi connectivity index (χ2n) is 10.8. The zero-order valence-corrected chi connectivity index (χ0v) is 21.3. The van der Waals surface area contributed by atoms with Gasteiger partial charge in [-0.1, -0.05) is 23.9 Å². The quantitative estimate of drug-likeness (QED) is 0.258. The summed E-state index contributed by atoms with van der Waals surface area (Å²) in [6.45, 7) is 1.91. The van der Waals surface area contributed by atoms with Crippen LogP contribution in [0.4, 0.5) is 5.69 Å². The number of rotatable bonds is 7. The van der Waals surface area contributed by atoms with Crippen molar-refractivity contribution < 1.29 is 14.5 Å². The topological polar surface area (TPSA) is 99.3 Å². The van der Waals surface area contributed by atoms with Gasteiger partial charge >= 0.3 is 0 Å². The van der Waals surface area contributed by atoms with E-state index in [0.29, 0.717) is 16.4 Å². The molecule has 4 aliphatic rings. The lowest BCUT2D eigenvalue weighted by molar-refractivity contribution is -0.384. The molecule has 3 aromatic rings. The fourth-order valence-electron chi connectivity index (χ4n) is 7.12. The van der Waals surface area contributed by atoms with Crippen LogP contribution < -0.4 is 10.1 Å². The number of nitrogens with zero attached hydrogens (tertiary/aromatic N) is 3. The summed E-state index contributed by atoms with van der Waals surface area (Å²) in [5.74, 6) is 2.95. The first-order valence-electron chi connectivity index (χ1n) is 12.6. The Morgan fingerprint density at radius 3 is 2.47 bits per heavy atom. The molecule has 7 rings (SSSR count). The first-order valence-corrected chi connectivity index (χ1v) is 13.5. The van der Waals surface area contributed by atoms with Crippen molar-refractivity contribution in [3.8, 4) is 11.4 Å². The number of ether oxygens (including phenoxy) is 1. The van der Waals surface area contributed by atoms with Crippen LogP contribution in [0.5, 0.6) is 5.75 Å². The van der Waals surface area contributed by atoms with E-state index in [1.807, 2.05) is 35.8 Å². The number of aromatic nitrogens is 2. The molecule has 1 atom stereocenters. The zero-order chi connectivity index (χ0) is 25.0. The van der Waals surface area contributed by atoms with E-state index in [1.54, 1.807) is 13.2 Å². The number of non-ortho nitro benzene ring substituents is 1. The molecule has 0 aliphatic heterocycles. The summed E-state index contributed by atoms with van der Waals surface area (Å²) < 4.78 is 7.53. The Morgan fingerprint density at radius 1 is 1.17 bits per heavy atom. The van der Waals surface area contributed by atoms with Gasteiger partial charge in [-0.05, 0) is 81.4 Å². The number of methoxy groups -OCH3 is 1. The molecule has 4 fully saturated rings. The molecule has 4 aliphatic carbocycles. The first-order chi connectivity index (χ1) is 17.3. The Labute approximate surface area is 214 Å². The molecular weight excluding hydrogens is 476 g/mol. The van der Waals surface area contributed by atoms with Crippen LogP contribution in [0.15, 0.2) is 47.6 Å². The minimum absolute atomic E-state index is 0.0173. The largest absolute Gasteiger partial charge is 0.495 e. The average Bonchev–Trinajstić information content (AvgIpc) is 3.19. The van der Waals surface area contributed by atoms with Crippen molar-refractivity contribution in [2.45, 2.75) is 61.4 Å². The standard InChI is InChI=1S/C27H30N4O4S/c1-16(25(32)29-27-13-17-9-18(14-27)11-19(10-17)15-27)36-26-28-21-12-20(31(33)34)7-8-22(21)30(26)23-5-3-4-6-24(23)35-2/h3-8,12,16-19H,9-11,13-15H2,1-2H3,(H,29,32)/t16-,17?,18?,19?,27?/m0/s1. The molecular formula is C27H30N4O4S. The predicted molar refractivity (Wildman–Crippen MR) is 139 cm³/mol. The number of nitro benzene ring substituents is 1. The zero-order valence-electron chi connectivity index (χ0n) is 20.5. The summed E-state index contributed by atoms with van der Waals surface area (Å²) in [7, 11) is 1.61. The second kappa shape index (κ2) is 8.80. The number of thioether (sulfide) groups is 1. The summed E-state index contributed by atoms with van der Waals surface area (Å²) >= 11 is 1.38. The lowest BCUT2D eigenvalue weighted by Gasteiger charge is -2.57. The molecule has 8 nitrogen and oxygen atoms in total. The lowest BCUT2D eigenvalue weighted by atomic mass is 9.53. The van der Waals surface area contributed by atoms with Crippen LogP contribution in [0.3, 0.4) is 0 Å². The fraction of sp³-hybridized carbons (Fsp3) is 0.481. The van der Waals surface area contributed by atoms with Crippen molar-refractivity contribution in [1.29, 1.82) is 0 Å². The molecule has 188 valence electrons. The van der Waals surface area contributed by atoms with Crippen molar-refractivity contribution in [2.75, 3.05) is 7.11 Å². The van der Waals surface area contributed by atoms with Gasteiger partial charge < -0.3 is 10.1 Å². The lowest BCUT2D eigenvalue weighted by Crippen LogP contribution is -2.60. The number of nitro groups is 1. The summed E-state index contributed by atoms with van der Waals surface area (Å²) in [6.07, 6.45) is 7.29. The molecule has 4 bridgehead atoms. The highest BCUT2D eigenvalue weighted by Crippen LogP contribution is 2.55. The van der Waals surface area contributed by atoms with Gasteiger partial charge in [0.1, 0.15) is 5.75 Å². The minimum atomic E-state index is -0.421. The van der Waals surface area contributed by atoms with Gasteiger partial charge in [0.25, 0.3) is 5.69 Å². The number of fused-ring (bicyclic) bond motifs is 1. The predicted octanol–water partition coefficient (Wildman–Crippen LogP) is 5.51. The van der Waals surface area contributed by atoms with Gasteiger partial charge in [0.2, 0.25) is 5.91 Å². The van der Waals surface area contributed by atoms with E-state index in [0.717, 1.165) is 48.2 Å². The van der Waals surface area contributed by atoms with Crippen molar-refractivity contribution in [1.82, 2.24) is 14.9 Å². The third-order valence-corrected chi connectivity index (χ3v) is 9.27. The van der Waals surface area contributed by atoms with E-state index in [4.69, 9.17) is 9.72 Å². The molecule has 0 saturated heterocycles. The number of amides is 1. The van der Waals surface area contributed by atoms with E-state index in [1.165, 1.54) is 43.2 Å². The molecule has 36 heavy (non-hydrogen) atoms. The third-order valence-electron chi connectivity index (χ3n) is 8.22. The number of hydrogen-bond donors (Lipinski definition) is 1. The van der Waals surface area contributed by atoms with Crippen molar-refractivity contribution in [2.24, 2.45) is 17.8 Å². The molecule has 9 heteroatoms. The summed E-state index contributed by atoms with van der Waals surface area (Å²) in [5, 5.41) is 15.1. The van der Waals surface area contributed by atoms with Crippen molar-refractivity contribution >= 4 is 34.4 Å². The monoisotopic (exact) mass is 506 g/mol. The number of hydrogen-bond acceptors (Lipinski definition) is 6. The summed E-state index contributed by atoms with van der Waals surface area (Å²) in [6, 6.07) is 12.2. The number of carbonyl (C=O) groups excluding carboxylic acids is 1. The van der Waals surface area contributed by atoms with Gasteiger partial charge in [0, 0.05) is 17.7 Å². The van der Waals surface area contributed by atoms with Gasteiger partial charge in [0.05, 0.1) is 34.0 Å². The molecule has 0 spiro atoms. The van der Waals surface area contributed by atoms with E-state index in [9.17, 15) is 14.9 Å². The Kier molecular flexibility index (Phi) is 5.70. The maximum atomic E-state index is 13.5. The molecule has 0 radical (unpaired) electrons. The molecule has 0 unspecified atom stereocenters. The highest BCUT2D eigenvalue weighted by Gasteiger charge is 2.51. The van der Waals surface area contributed by atoms with E-state index >= 15 is 0 Å². The van der Waals surface area contributed by atoms with Gasteiger partial charge in [-0.3, -0.25) is 19.5 Å². The molecule has 1 amide bonds. The SMILES string of the molecule is COc1ccccc1-n1c(S[C@@H](C)C(=O)NC23CC4CC(CC(C4)C2)C3)nc2cc([N+](=O)[O-])ccc21. The normalized spacial score (nSPS) is 27.2.